The van der Waals surface area contributed by atoms with Crippen molar-refractivity contribution in [2.45, 2.75) is 32.6 Å². The van der Waals surface area contributed by atoms with Crippen molar-refractivity contribution in [1.82, 2.24) is 5.20 Å². The zero-order chi connectivity index (χ0) is 7.23. The van der Waals surface area contributed by atoms with Crippen LogP contribution in [-0.2, 0) is 0 Å². The van der Waals surface area contributed by atoms with E-state index in [4.69, 9.17) is 0 Å². The lowest BCUT2D eigenvalue weighted by Crippen LogP contribution is -1.85. The minimum absolute atomic E-state index is 0.753. The SMILES string of the molecule is CCCCCCN=[N+]1NP1. The molecule has 1 saturated heterocycles. The van der Waals surface area contributed by atoms with Crippen LogP contribution in [0.4, 0.5) is 0 Å². The molecule has 1 unspecified atom stereocenters. The Hall–Kier alpha value is -0.170. The summed E-state index contributed by atoms with van der Waals surface area (Å²) >= 11 is 0. The molecular formula is C6H15N3P+. The number of hydrazine groups is 1. The Kier molecular flexibility index (Phi) is 3.66. The number of nitrogens with one attached hydrogen (secondary N) is 1. The van der Waals surface area contributed by atoms with Crippen LogP contribution in [0.1, 0.15) is 32.6 Å². The molecule has 4 heteroatoms. The predicted octanol–water partition coefficient (Wildman–Crippen LogP) is 2.06. The highest BCUT2D eigenvalue weighted by molar-refractivity contribution is 7.33. The van der Waals surface area contributed by atoms with Gasteiger partial charge in [-0.15, -0.1) is 0 Å². The first kappa shape index (κ1) is 7.93. The van der Waals surface area contributed by atoms with Gasteiger partial charge in [-0.3, -0.25) is 0 Å². The molecule has 0 radical (unpaired) electrons. The van der Waals surface area contributed by atoms with Crippen LogP contribution < -0.4 is 5.20 Å². The lowest BCUT2D eigenvalue weighted by Gasteiger charge is -1.89. The maximum atomic E-state index is 4.24. The van der Waals surface area contributed by atoms with Crippen LogP contribution >= 0.6 is 8.88 Å². The second-order valence-corrected chi connectivity index (χ2v) is 3.33. The van der Waals surface area contributed by atoms with Crippen molar-refractivity contribution >= 4 is 8.88 Å². The summed E-state index contributed by atoms with van der Waals surface area (Å²) in [5.41, 5.74) is 0. The molecule has 0 spiro atoms. The zero-order valence-electron chi connectivity index (χ0n) is 6.43. The van der Waals surface area contributed by atoms with Gasteiger partial charge in [0.2, 0.25) is 0 Å². The highest BCUT2D eigenvalue weighted by Gasteiger charge is 2.23. The van der Waals surface area contributed by atoms with Crippen molar-refractivity contribution < 1.29 is 4.58 Å². The molecule has 1 atom stereocenters. The quantitative estimate of drug-likeness (QED) is 0.373. The van der Waals surface area contributed by atoms with Gasteiger partial charge in [-0.25, -0.2) is 0 Å². The average molecular weight is 160 g/mol. The number of hydrogen-bond acceptors (Lipinski definition) is 1. The zero-order valence-corrected chi connectivity index (χ0v) is 7.43. The van der Waals surface area contributed by atoms with Crippen LogP contribution in [-0.4, -0.2) is 11.1 Å². The molecule has 1 aliphatic heterocycles. The number of unbranched alkanes of at least 4 members (excludes halogenated alkanes) is 3. The molecule has 0 bridgehead atoms. The summed E-state index contributed by atoms with van der Waals surface area (Å²) in [6.07, 6.45) is 5.24. The van der Waals surface area contributed by atoms with E-state index in [1.807, 2.05) is 4.58 Å². The molecule has 1 aliphatic rings. The lowest BCUT2D eigenvalue weighted by molar-refractivity contribution is -0.388. The van der Waals surface area contributed by atoms with Gasteiger partial charge >= 0.3 is 8.88 Å². The van der Waals surface area contributed by atoms with Gasteiger partial charge in [-0.1, -0.05) is 31.4 Å². The van der Waals surface area contributed by atoms with Crippen LogP contribution in [0, 0.1) is 0 Å². The second-order valence-electron chi connectivity index (χ2n) is 2.46. The van der Waals surface area contributed by atoms with Gasteiger partial charge in [0.25, 0.3) is 0 Å². The van der Waals surface area contributed by atoms with Crippen molar-refractivity contribution in [3.05, 3.63) is 0 Å². The van der Waals surface area contributed by atoms with E-state index in [9.17, 15) is 0 Å². The largest absolute Gasteiger partial charge is 0.388 e. The van der Waals surface area contributed by atoms with Crippen LogP contribution in [0.15, 0.2) is 5.11 Å². The molecular weight excluding hydrogens is 145 g/mol. The molecule has 1 fully saturated rings. The smallest absolute Gasteiger partial charge is 0.0828 e. The molecule has 0 aliphatic carbocycles. The highest BCUT2D eigenvalue weighted by atomic mass is 31.1. The molecule has 0 aromatic rings. The van der Waals surface area contributed by atoms with Gasteiger partial charge in [-0.05, 0) is 11.5 Å². The fraction of sp³-hybridized carbons (Fsp3) is 1.00. The highest BCUT2D eigenvalue weighted by Crippen LogP contribution is 2.20. The molecule has 58 valence electrons. The first-order valence-corrected chi connectivity index (χ1v) is 4.87. The van der Waals surface area contributed by atoms with Gasteiger partial charge in [0, 0.05) is 4.58 Å². The first-order valence-electron chi connectivity index (χ1n) is 3.92. The first-order chi connectivity index (χ1) is 4.93. The topological polar surface area (TPSA) is 37.3 Å². The van der Waals surface area contributed by atoms with Crippen LogP contribution in [0.5, 0.6) is 0 Å². The summed E-state index contributed by atoms with van der Waals surface area (Å²) in [6.45, 7) is 3.23. The fourth-order valence-corrected chi connectivity index (χ4v) is 1.09. The Morgan fingerprint density at radius 1 is 1.40 bits per heavy atom. The van der Waals surface area contributed by atoms with E-state index in [0.717, 1.165) is 15.4 Å². The van der Waals surface area contributed by atoms with E-state index in [-0.39, 0.29) is 0 Å². The fourth-order valence-electron chi connectivity index (χ4n) is 0.802. The van der Waals surface area contributed by atoms with Crippen molar-refractivity contribution in [3.63, 3.8) is 0 Å². The minimum Gasteiger partial charge on any atom is -0.0828 e. The summed E-state index contributed by atoms with van der Waals surface area (Å²) < 4.78 is 1.91. The Bertz CT molecular complexity index is 118. The third-order valence-corrected chi connectivity index (χ3v) is 2.03. The third-order valence-electron chi connectivity index (χ3n) is 1.46. The van der Waals surface area contributed by atoms with Crippen LogP contribution in [0.25, 0.3) is 0 Å². The predicted molar refractivity (Wildman–Crippen MR) is 43.1 cm³/mol. The molecule has 1 heterocycles. The summed E-state index contributed by atoms with van der Waals surface area (Å²) in [7, 11) is 0.753. The van der Waals surface area contributed by atoms with Crippen molar-refractivity contribution in [2.24, 2.45) is 5.11 Å². The van der Waals surface area contributed by atoms with Gasteiger partial charge in [-0.2, -0.15) is 0 Å². The molecule has 1 N–H and O–H groups in total. The molecule has 3 nitrogen and oxygen atoms in total. The number of hydrogen-bond donors (Lipinski definition) is 1. The van der Waals surface area contributed by atoms with Crippen molar-refractivity contribution in [1.29, 1.82) is 0 Å². The Morgan fingerprint density at radius 2 is 2.20 bits per heavy atom. The molecule has 0 aromatic carbocycles. The van der Waals surface area contributed by atoms with Crippen molar-refractivity contribution in [3.8, 4) is 0 Å². The number of nitrogens with zero attached hydrogens (tertiary/aromatic N) is 2. The normalized spacial score (nSPS) is 21.5. The summed E-state index contributed by atoms with van der Waals surface area (Å²) in [6, 6.07) is 0. The Morgan fingerprint density at radius 3 is 2.80 bits per heavy atom. The van der Waals surface area contributed by atoms with E-state index >= 15 is 0 Å². The molecule has 0 aromatic heterocycles. The maximum absolute atomic E-state index is 4.24. The van der Waals surface area contributed by atoms with E-state index < -0.39 is 0 Å². The van der Waals surface area contributed by atoms with Gasteiger partial charge < -0.3 is 0 Å². The third kappa shape index (κ3) is 3.78. The van der Waals surface area contributed by atoms with Crippen LogP contribution in [0.2, 0.25) is 0 Å². The van der Waals surface area contributed by atoms with E-state index in [1.54, 1.807) is 0 Å². The lowest BCUT2D eigenvalue weighted by atomic mass is 10.2. The Labute approximate surface area is 63.8 Å². The molecule has 1 rings (SSSR count). The minimum atomic E-state index is 0.753. The summed E-state index contributed by atoms with van der Waals surface area (Å²) in [5.74, 6) is 0. The molecule has 0 amide bonds. The van der Waals surface area contributed by atoms with Crippen LogP contribution in [0.3, 0.4) is 0 Å². The Balaban J connectivity index is 1.81. The second kappa shape index (κ2) is 4.62. The monoisotopic (exact) mass is 160 g/mol. The van der Waals surface area contributed by atoms with Gasteiger partial charge in [0.05, 0.1) is 0 Å². The van der Waals surface area contributed by atoms with Gasteiger partial charge in [0.1, 0.15) is 6.54 Å². The standard InChI is InChI=1S/C6H15N3P/c1-2-3-4-5-6-7-9-8-10-9/h10H,2-6H2,1H3,(H,7,8)/q+1. The summed E-state index contributed by atoms with van der Waals surface area (Å²) in [5, 5.41) is 7.26. The molecule has 0 saturated carbocycles. The molecule has 10 heavy (non-hydrogen) atoms. The van der Waals surface area contributed by atoms with E-state index in [0.29, 0.717) is 0 Å². The van der Waals surface area contributed by atoms with E-state index in [1.165, 1.54) is 25.7 Å². The maximum Gasteiger partial charge on any atom is 0.388 e. The van der Waals surface area contributed by atoms with E-state index in [2.05, 4.69) is 17.2 Å². The average Bonchev–Trinajstić information content (AvgIpc) is 2.71. The summed E-state index contributed by atoms with van der Waals surface area (Å²) in [4.78, 5) is 0. The van der Waals surface area contributed by atoms with Crippen molar-refractivity contribution in [2.75, 3.05) is 6.54 Å². The number of rotatable bonds is 5. The van der Waals surface area contributed by atoms with Gasteiger partial charge in [0.15, 0.2) is 0 Å².